The van der Waals surface area contributed by atoms with Gasteiger partial charge in [-0.25, -0.2) is 9.97 Å². The van der Waals surface area contributed by atoms with E-state index in [9.17, 15) is 0 Å². The maximum absolute atomic E-state index is 6.00. The van der Waals surface area contributed by atoms with E-state index in [1.165, 1.54) is 21.4 Å². The summed E-state index contributed by atoms with van der Waals surface area (Å²) in [6, 6.07) is 10.6. The number of thioether (sulfide) groups is 1. The van der Waals surface area contributed by atoms with Crippen LogP contribution >= 0.6 is 23.1 Å². The average molecular weight is 371 g/mol. The lowest BCUT2D eigenvalue weighted by molar-refractivity contribution is -0.0379. The number of fused-ring (bicyclic) bond motifs is 3. The number of benzene rings is 1. The lowest BCUT2D eigenvalue weighted by Gasteiger charge is -2.30. The van der Waals surface area contributed by atoms with E-state index in [4.69, 9.17) is 14.7 Å². The Labute approximate surface area is 156 Å². The topological polar surface area (TPSA) is 35.0 Å². The second-order valence-corrected chi connectivity index (χ2v) is 9.03. The molecule has 25 heavy (non-hydrogen) atoms. The van der Waals surface area contributed by atoms with Gasteiger partial charge in [-0.2, -0.15) is 0 Å². The van der Waals surface area contributed by atoms with Gasteiger partial charge in [0.25, 0.3) is 0 Å². The fourth-order valence-corrected chi connectivity index (χ4v) is 5.36. The Bertz CT molecular complexity index is 903. The second-order valence-electron chi connectivity index (χ2n) is 6.98. The van der Waals surface area contributed by atoms with E-state index in [0.717, 1.165) is 34.3 Å². The monoisotopic (exact) mass is 370 g/mol. The third-order valence-electron chi connectivity index (χ3n) is 4.48. The summed E-state index contributed by atoms with van der Waals surface area (Å²) in [6.07, 6.45) is 1.79. The summed E-state index contributed by atoms with van der Waals surface area (Å²) in [5, 5.41) is 2.38. The van der Waals surface area contributed by atoms with Gasteiger partial charge in [0, 0.05) is 28.9 Å². The average Bonchev–Trinajstić information content (AvgIpc) is 2.97. The molecule has 1 aliphatic heterocycles. The summed E-state index contributed by atoms with van der Waals surface area (Å²) in [6.45, 7) is 7.13. The Balaban J connectivity index is 1.77. The maximum Gasteiger partial charge on any atom is 0.131 e. The van der Waals surface area contributed by atoms with Crippen molar-refractivity contribution in [2.24, 2.45) is 0 Å². The molecule has 3 nitrogen and oxygen atoms in total. The number of aryl methyl sites for hydroxylation is 1. The lowest BCUT2D eigenvalue weighted by atomic mass is 9.94. The predicted octanol–water partition coefficient (Wildman–Crippen LogP) is 5.40. The fraction of sp³-hybridized carbons (Fsp3) is 0.400. The van der Waals surface area contributed by atoms with Gasteiger partial charge in [-0.15, -0.1) is 23.1 Å². The minimum absolute atomic E-state index is 0.119. The van der Waals surface area contributed by atoms with Crippen molar-refractivity contribution in [2.75, 3.05) is 0 Å². The molecule has 5 heteroatoms. The van der Waals surface area contributed by atoms with Crippen LogP contribution in [0.2, 0.25) is 0 Å². The first-order valence-corrected chi connectivity index (χ1v) is 10.5. The molecule has 0 radical (unpaired) electrons. The number of thiophene rings is 1. The fourth-order valence-electron chi connectivity index (χ4n) is 3.14. The van der Waals surface area contributed by atoms with Crippen LogP contribution in [0.4, 0.5) is 0 Å². The smallest absolute Gasteiger partial charge is 0.131 e. The first-order valence-electron chi connectivity index (χ1n) is 8.67. The Kier molecular flexibility index (Phi) is 4.56. The normalized spacial score (nSPS) is 16.1. The van der Waals surface area contributed by atoms with Gasteiger partial charge >= 0.3 is 0 Å². The molecule has 0 N–H and O–H groups in total. The molecule has 0 aliphatic carbocycles. The van der Waals surface area contributed by atoms with E-state index in [2.05, 4.69) is 51.1 Å². The maximum atomic E-state index is 6.00. The van der Waals surface area contributed by atoms with E-state index in [-0.39, 0.29) is 5.60 Å². The van der Waals surface area contributed by atoms with E-state index in [0.29, 0.717) is 6.61 Å². The highest BCUT2D eigenvalue weighted by atomic mass is 32.2. The molecule has 130 valence electrons. The highest BCUT2D eigenvalue weighted by Crippen LogP contribution is 2.42. The molecular weight excluding hydrogens is 348 g/mol. The van der Waals surface area contributed by atoms with Gasteiger partial charge in [0.05, 0.1) is 12.2 Å². The number of nitrogens with zero attached hydrogens (tertiary/aromatic N) is 2. The van der Waals surface area contributed by atoms with Crippen LogP contribution in [-0.2, 0) is 29.9 Å². The van der Waals surface area contributed by atoms with Crippen LogP contribution in [0.5, 0.6) is 0 Å². The number of rotatable bonds is 4. The number of aromatic nitrogens is 2. The van der Waals surface area contributed by atoms with Crippen LogP contribution in [0, 0.1) is 0 Å². The van der Waals surface area contributed by atoms with Crippen LogP contribution in [0.15, 0.2) is 35.4 Å². The zero-order valence-corrected chi connectivity index (χ0v) is 16.5. The predicted molar refractivity (Wildman–Crippen MR) is 105 cm³/mol. The first-order chi connectivity index (χ1) is 12.1. The summed E-state index contributed by atoms with van der Waals surface area (Å²) in [5.41, 5.74) is 2.60. The highest BCUT2D eigenvalue weighted by Gasteiger charge is 2.31. The van der Waals surface area contributed by atoms with Gasteiger partial charge in [0.2, 0.25) is 0 Å². The Morgan fingerprint density at radius 2 is 2.00 bits per heavy atom. The van der Waals surface area contributed by atoms with Crippen molar-refractivity contribution < 1.29 is 4.74 Å². The molecule has 1 aliphatic rings. The molecule has 2 aromatic heterocycles. The molecule has 0 unspecified atom stereocenters. The van der Waals surface area contributed by atoms with E-state index in [1.54, 1.807) is 11.3 Å². The Morgan fingerprint density at radius 1 is 1.20 bits per heavy atom. The quantitative estimate of drug-likeness (QED) is 0.455. The number of hydrogen-bond acceptors (Lipinski definition) is 5. The van der Waals surface area contributed by atoms with Crippen LogP contribution in [-0.4, -0.2) is 15.6 Å². The minimum Gasteiger partial charge on any atom is -0.370 e. The molecule has 0 fully saturated rings. The third kappa shape index (κ3) is 3.46. The number of hydrogen-bond donors (Lipinski definition) is 0. The van der Waals surface area contributed by atoms with Gasteiger partial charge in [0.15, 0.2) is 0 Å². The van der Waals surface area contributed by atoms with Gasteiger partial charge in [0.1, 0.15) is 15.7 Å². The van der Waals surface area contributed by atoms with E-state index in [1.807, 2.05) is 11.8 Å². The van der Waals surface area contributed by atoms with Gasteiger partial charge in [-0.1, -0.05) is 37.3 Å². The molecule has 0 atom stereocenters. The third-order valence-corrected chi connectivity index (χ3v) is 6.62. The SMILES string of the molecule is CCc1nc(SCc2ccccc2)c2c3c(sc2n1)COC(C)(C)C3. The second kappa shape index (κ2) is 6.71. The van der Waals surface area contributed by atoms with Crippen molar-refractivity contribution in [3.8, 4) is 0 Å². The number of ether oxygens (including phenoxy) is 1. The zero-order valence-electron chi connectivity index (χ0n) is 14.8. The summed E-state index contributed by atoms with van der Waals surface area (Å²) < 4.78 is 6.00. The molecular formula is C20H22N2OS2. The summed E-state index contributed by atoms with van der Waals surface area (Å²) in [7, 11) is 0. The standard InChI is InChI=1S/C20H22N2OS2/c1-4-16-21-18(24-12-13-8-6-5-7-9-13)17-14-10-20(2,3)23-11-15(14)25-19(17)22-16/h5-9H,4,10-12H2,1-3H3. The molecule has 0 amide bonds. The van der Waals surface area contributed by atoms with Crippen molar-refractivity contribution in [2.45, 2.75) is 56.6 Å². The van der Waals surface area contributed by atoms with Crippen molar-refractivity contribution in [3.05, 3.63) is 52.2 Å². The van der Waals surface area contributed by atoms with Crippen LogP contribution in [0.3, 0.4) is 0 Å². The summed E-state index contributed by atoms with van der Waals surface area (Å²) >= 11 is 3.60. The molecule has 4 rings (SSSR count). The molecule has 1 aromatic carbocycles. The Morgan fingerprint density at radius 3 is 2.76 bits per heavy atom. The van der Waals surface area contributed by atoms with Crippen LogP contribution in [0.25, 0.3) is 10.2 Å². The van der Waals surface area contributed by atoms with Crippen molar-refractivity contribution >= 4 is 33.3 Å². The molecule has 0 saturated heterocycles. The van der Waals surface area contributed by atoms with Crippen molar-refractivity contribution in [3.63, 3.8) is 0 Å². The van der Waals surface area contributed by atoms with Crippen LogP contribution in [0.1, 0.15) is 42.6 Å². The van der Waals surface area contributed by atoms with Gasteiger partial charge < -0.3 is 4.74 Å². The van der Waals surface area contributed by atoms with E-state index < -0.39 is 0 Å². The lowest BCUT2D eigenvalue weighted by Crippen LogP contribution is -2.31. The Hall–Kier alpha value is -1.43. The van der Waals surface area contributed by atoms with Crippen LogP contribution < -0.4 is 0 Å². The molecule has 0 spiro atoms. The van der Waals surface area contributed by atoms with Crippen molar-refractivity contribution in [1.29, 1.82) is 0 Å². The summed E-state index contributed by atoms with van der Waals surface area (Å²) in [5.74, 6) is 1.86. The molecule has 3 aromatic rings. The minimum atomic E-state index is -0.119. The molecule has 0 saturated carbocycles. The highest BCUT2D eigenvalue weighted by molar-refractivity contribution is 7.98. The zero-order chi connectivity index (χ0) is 17.4. The van der Waals surface area contributed by atoms with Gasteiger partial charge in [-0.05, 0) is 25.0 Å². The first kappa shape index (κ1) is 17.0. The summed E-state index contributed by atoms with van der Waals surface area (Å²) in [4.78, 5) is 12.1. The van der Waals surface area contributed by atoms with Crippen molar-refractivity contribution in [1.82, 2.24) is 9.97 Å². The largest absolute Gasteiger partial charge is 0.370 e. The van der Waals surface area contributed by atoms with Gasteiger partial charge in [-0.3, -0.25) is 0 Å². The molecule has 3 heterocycles. The molecule has 0 bridgehead atoms. The van der Waals surface area contributed by atoms with E-state index >= 15 is 0 Å².